The first-order chi connectivity index (χ1) is 6.17. The predicted molar refractivity (Wildman–Crippen MR) is 48.5 cm³/mol. The highest BCUT2D eigenvalue weighted by Crippen LogP contribution is 2.24. The van der Waals surface area contributed by atoms with E-state index in [0.717, 1.165) is 19.3 Å². The summed E-state index contributed by atoms with van der Waals surface area (Å²) in [5, 5.41) is -0.354. The van der Waals surface area contributed by atoms with Crippen LogP contribution in [0.15, 0.2) is 0 Å². The molecule has 13 heavy (non-hydrogen) atoms. The number of hydrogen-bond acceptors (Lipinski definition) is 4. The van der Waals surface area contributed by atoms with Crippen molar-refractivity contribution in [2.45, 2.75) is 44.3 Å². The predicted octanol–water partition coefficient (Wildman–Crippen LogP) is 1.62. The van der Waals surface area contributed by atoms with E-state index in [4.69, 9.17) is 0 Å². The minimum absolute atomic E-state index is 0.256. The van der Waals surface area contributed by atoms with E-state index in [1.54, 1.807) is 6.92 Å². The molecule has 0 N–H and O–H groups in total. The third-order valence-corrected chi connectivity index (χ3v) is 3.80. The third kappa shape index (κ3) is 3.25. The van der Waals surface area contributed by atoms with Gasteiger partial charge in [-0.15, -0.1) is 4.33 Å². The Morgan fingerprint density at radius 2 is 1.85 bits per heavy atom. The maximum Gasteiger partial charge on any atom is 0.296 e. The van der Waals surface area contributed by atoms with E-state index >= 15 is 0 Å². The molecule has 0 aromatic rings. The summed E-state index contributed by atoms with van der Waals surface area (Å²) in [6, 6.07) is 0. The fourth-order valence-corrected chi connectivity index (χ4v) is 2.78. The highest BCUT2D eigenvalue weighted by Gasteiger charge is 2.28. The Morgan fingerprint density at radius 1 is 1.23 bits per heavy atom. The van der Waals surface area contributed by atoms with Gasteiger partial charge >= 0.3 is 0 Å². The van der Waals surface area contributed by atoms with Crippen LogP contribution in [0.2, 0.25) is 0 Å². The summed E-state index contributed by atoms with van der Waals surface area (Å²) < 4.78 is 27.2. The summed E-state index contributed by atoms with van der Waals surface area (Å²) in [5.74, 6) is 0. The van der Waals surface area contributed by atoms with E-state index < -0.39 is 10.1 Å². The van der Waals surface area contributed by atoms with Crippen molar-refractivity contribution in [2.75, 3.05) is 6.61 Å². The Kier molecular flexibility index (Phi) is 4.15. The minimum atomic E-state index is -3.47. The zero-order chi connectivity index (χ0) is 9.73. The lowest BCUT2D eigenvalue weighted by atomic mass is 10.0. The molecule has 0 aromatic carbocycles. The molecule has 1 saturated carbocycles. The van der Waals surface area contributed by atoms with Gasteiger partial charge in [0.05, 0.1) is 11.9 Å². The topological polar surface area (TPSA) is 52.6 Å². The van der Waals surface area contributed by atoms with Crippen LogP contribution >= 0.6 is 0 Å². The molecule has 1 aliphatic carbocycles. The van der Waals surface area contributed by atoms with Gasteiger partial charge in [-0.1, -0.05) is 19.3 Å². The quantitative estimate of drug-likeness (QED) is 0.520. The Labute approximate surface area is 79.3 Å². The van der Waals surface area contributed by atoms with Crippen LogP contribution in [0, 0.1) is 0 Å². The second-order valence-corrected chi connectivity index (χ2v) is 5.02. The maximum absolute atomic E-state index is 11.4. The minimum Gasteiger partial charge on any atom is -0.220 e. The van der Waals surface area contributed by atoms with Gasteiger partial charge in [-0.2, -0.15) is 8.42 Å². The molecule has 0 aromatic heterocycles. The molecule has 0 saturated heterocycles. The molecule has 1 aliphatic rings. The highest BCUT2D eigenvalue weighted by molar-refractivity contribution is 7.87. The molecule has 5 heteroatoms. The van der Waals surface area contributed by atoms with Crippen LogP contribution < -0.4 is 0 Å². The van der Waals surface area contributed by atoms with Crippen molar-refractivity contribution in [1.82, 2.24) is 0 Å². The van der Waals surface area contributed by atoms with Crippen LogP contribution in [0.5, 0.6) is 0 Å². The number of hydrogen-bond donors (Lipinski definition) is 0. The van der Waals surface area contributed by atoms with Gasteiger partial charge in [0.1, 0.15) is 0 Å². The smallest absolute Gasteiger partial charge is 0.220 e. The molecular formula is C8H16O4S. The fraction of sp³-hybridized carbons (Fsp3) is 1.00. The molecule has 0 spiro atoms. The Hall–Kier alpha value is -0.130. The van der Waals surface area contributed by atoms with Gasteiger partial charge in [0.25, 0.3) is 10.1 Å². The van der Waals surface area contributed by atoms with Crippen LogP contribution in [0.3, 0.4) is 0 Å². The lowest BCUT2D eigenvalue weighted by Gasteiger charge is -2.19. The first-order valence-electron chi connectivity index (χ1n) is 4.71. The molecule has 1 fully saturated rings. The lowest BCUT2D eigenvalue weighted by molar-refractivity contribution is -0.197. The van der Waals surface area contributed by atoms with Crippen LogP contribution in [-0.4, -0.2) is 20.3 Å². The van der Waals surface area contributed by atoms with E-state index in [1.807, 2.05) is 0 Å². The van der Waals surface area contributed by atoms with Crippen molar-refractivity contribution in [3.05, 3.63) is 0 Å². The van der Waals surface area contributed by atoms with E-state index in [1.165, 1.54) is 0 Å². The standard InChI is InChI=1S/C8H16O4S/c1-2-11-12-13(9,10)8-6-4-3-5-7-8/h8H,2-7H2,1H3. The zero-order valence-corrected chi connectivity index (χ0v) is 8.68. The molecule has 78 valence electrons. The number of rotatable bonds is 4. The summed E-state index contributed by atoms with van der Waals surface area (Å²) >= 11 is 0. The molecule has 4 nitrogen and oxygen atoms in total. The fourth-order valence-electron chi connectivity index (χ4n) is 1.52. The molecule has 0 radical (unpaired) electrons. The Morgan fingerprint density at radius 3 is 2.38 bits per heavy atom. The van der Waals surface area contributed by atoms with Crippen molar-refractivity contribution < 1.29 is 17.6 Å². The van der Waals surface area contributed by atoms with Gasteiger partial charge in [-0.25, -0.2) is 4.89 Å². The summed E-state index contributed by atoms with van der Waals surface area (Å²) in [6.45, 7) is 1.95. The van der Waals surface area contributed by atoms with Gasteiger partial charge in [0, 0.05) is 0 Å². The molecule has 0 heterocycles. The summed E-state index contributed by atoms with van der Waals surface area (Å²) in [7, 11) is -3.47. The first kappa shape index (κ1) is 10.9. The van der Waals surface area contributed by atoms with Crippen molar-refractivity contribution >= 4 is 10.1 Å². The lowest BCUT2D eigenvalue weighted by Crippen LogP contribution is -2.26. The molecule has 0 bridgehead atoms. The molecule has 1 rings (SSSR count). The van der Waals surface area contributed by atoms with Crippen molar-refractivity contribution in [3.63, 3.8) is 0 Å². The summed E-state index contributed by atoms with van der Waals surface area (Å²) in [4.78, 5) is 4.46. The van der Waals surface area contributed by atoms with Gasteiger partial charge < -0.3 is 0 Å². The van der Waals surface area contributed by atoms with Crippen LogP contribution in [0.4, 0.5) is 0 Å². The average Bonchev–Trinajstić information content (AvgIpc) is 2.16. The van der Waals surface area contributed by atoms with Crippen LogP contribution in [0.25, 0.3) is 0 Å². The van der Waals surface area contributed by atoms with Crippen molar-refractivity contribution in [2.24, 2.45) is 0 Å². The van der Waals surface area contributed by atoms with E-state index in [0.29, 0.717) is 12.8 Å². The van der Waals surface area contributed by atoms with E-state index in [9.17, 15) is 8.42 Å². The van der Waals surface area contributed by atoms with Gasteiger partial charge in [0.2, 0.25) is 0 Å². The zero-order valence-electron chi connectivity index (χ0n) is 7.86. The SMILES string of the molecule is CCOOS(=O)(=O)C1CCCCC1. The second-order valence-electron chi connectivity index (χ2n) is 3.23. The molecule has 0 amide bonds. The van der Waals surface area contributed by atoms with Crippen molar-refractivity contribution in [1.29, 1.82) is 0 Å². The monoisotopic (exact) mass is 208 g/mol. The van der Waals surface area contributed by atoms with Gasteiger partial charge in [-0.3, -0.25) is 0 Å². The molecule has 0 atom stereocenters. The molecule has 0 unspecified atom stereocenters. The van der Waals surface area contributed by atoms with E-state index in [2.05, 4.69) is 9.22 Å². The summed E-state index contributed by atoms with van der Waals surface area (Å²) in [6.07, 6.45) is 4.48. The van der Waals surface area contributed by atoms with Crippen LogP contribution in [0.1, 0.15) is 39.0 Å². The van der Waals surface area contributed by atoms with Gasteiger partial charge in [-0.05, 0) is 19.8 Å². The normalized spacial score (nSPS) is 20.4. The Bertz CT molecular complexity index is 229. The van der Waals surface area contributed by atoms with Gasteiger partial charge in [0.15, 0.2) is 0 Å². The molecular weight excluding hydrogens is 192 g/mol. The summed E-state index contributed by atoms with van der Waals surface area (Å²) in [5.41, 5.74) is 0. The van der Waals surface area contributed by atoms with Crippen molar-refractivity contribution in [3.8, 4) is 0 Å². The highest BCUT2D eigenvalue weighted by atomic mass is 32.2. The largest absolute Gasteiger partial charge is 0.296 e. The Balaban J connectivity index is 2.47. The third-order valence-electron chi connectivity index (χ3n) is 2.22. The molecule has 0 aliphatic heterocycles. The first-order valence-corrected chi connectivity index (χ1v) is 6.19. The average molecular weight is 208 g/mol. The van der Waals surface area contributed by atoms with E-state index in [-0.39, 0.29) is 11.9 Å². The second kappa shape index (κ2) is 4.93. The maximum atomic E-state index is 11.4. The van der Waals surface area contributed by atoms with Crippen LogP contribution in [-0.2, 0) is 19.3 Å².